The third-order valence-electron chi connectivity index (χ3n) is 4.08. The molecule has 4 N–H and O–H groups in total. The molecule has 0 bridgehead atoms. The second kappa shape index (κ2) is 18.6. The average molecular weight is 547 g/mol. The summed E-state index contributed by atoms with van der Waals surface area (Å²) in [4.78, 5) is 40.8. The van der Waals surface area contributed by atoms with Crippen molar-refractivity contribution in [3.05, 3.63) is 144 Å². The molecule has 193 valence electrons. The maximum atomic E-state index is 10.2. The van der Waals surface area contributed by atoms with Gasteiger partial charge in [0.15, 0.2) is 0 Å². The van der Waals surface area contributed by atoms with Crippen LogP contribution >= 0.6 is 0 Å². The SMILES string of the molecule is O=C(O)c1ccccc1.O=C(O)c1ccccc1.O=C(O)c1ccccc1.O=C(O)c1ccccc1.[Co]. The Morgan fingerprint density at radius 3 is 0.541 bits per heavy atom. The van der Waals surface area contributed by atoms with Gasteiger partial charge < -0.3 is 20.4 Å². The van der Waals surface area contributed by atoms with Crippen LogP contribution in [0, 0.1) is 0 Å². The zero-order valence-corrected chi connectivity index (χ0v) is 20.3. The molecule has 37 heavy (non-hydrogen) atoms. The fourth-order valence-corrected chi connectivity index (χ4v) is 2.32. The number of carboxylic acids is 4. The number of carbonyl (C=O) groups is 4. The van der Waals surface area contributed by atoms with Gasteiger partial charge in [0.05, 0.1) is 22.3 Å². The standard InChI is InChI=1S/4C7H6O2.Co/c4*8-7(9)6-4-2-1-3-5-6;/h4*1-5H,(H,8,9);. The van der Waals surface area contributed by atoms with E-state index in [1.807, 2.05) is 0 Å². The Morgan fingerprint density at radius 1 is 0.324 bits per heavy atom. The van der Waals surface area contributed by atoms with Gasteiger partial charge in [-0.05, 0) is 48.5 Å². The van der Waals surface area contributed by atoms with E-state index in [4.69, 9.17) is 20.4 Å². The summed E-state index contributed by atoms with van der Waals surface area (Å²) in [6.45, 7) is 0. The number of benzene rings is 4. The van der Waals surface area contributed by atoms with Gasteiger partial charge >= 0.3 is 23.9 Å². The van der Waals surface area contributed by atoms with Crippen molar-refractivity contribution in [2.24, 2.45) is 0 Å². The molecule has 0 aliphatic carbocycles. The van der Waals surface area contributed by atoms with Crippen molar-refractivity contribution in [3.8, 4) is 0 Å². The van der Waals surface area contributed by atoms with Crippen molar-refractivity contribution >= 4 is 23.9 Å². The van der Waals surface area contributed by atoms with Crippen molar-refractivity contribution in [1.82, 2.24) is 0 Å². The van der Waals surface area contributed by atoms with Gasteiger partial charge in [-0.1, -0.05) is 72.8 Å². The molecule has 0 aliphatic rings. The fourth-order valence-electron chi connectivity index (χ4n) is 2.32. The van der Waals surface area contributed by atoms with Crippen LogP contribution < -0.4 is 0 Å². The number of rotatable bonds is 4. The zero-order chi connectivity index (χ0) is 26.8. The van der Waals surface area contributed by atoms with E-state index in [9.17, 15) is 19.2 Å². The van der Waals surface area contributed by atoms with Crippen LogP contribution in [0.2, 0.25) is 0 Å². The molecule has 0 saturated heterocycles. The van der Waals surface area contributed by atoms with Gasteiger partial charge in [-0.25, -0.2) is 19.2 Å². The Hall–Kier alpha value is -4.73. The third kappa shape index (κ3) is 14.3. The van der Waals surface area contributed by atoms with Gasteiger partial charge in [-0.15, -0.1) is 0 Å². The molecule has 4 rings (SSSR count). The molecular weight excluding hydrogens is 523 g/mol. The number of aromatic carboxylic acids is 4. The Labute approximate surface area is 223 Å². The van der Waals surface area contributed by atoms with Crippen LogP contribution in [0.5, 0.6) is 0 Å². The van der Waals surface area contributed by atoms with Crippen molar-refractivity contribution in [2.45, 2.75) is 0 Å². The minimum Gasteiger partial charge on any atom is -0.478 e. The first-order valence-corrected chi connectivity index (χ1v) is 10.4. The maximum absolute atomic E-state index is 10.2. The van der Waals surface area contributed by atoms with E-state index >= 15 is 0 Å². The summed E-state index contributed by atoms with van der Waals surface area (Å²) in [5.74, 6) is -3.52. The van der Waals surface area contributed by atoms with Crippen LogP contribution in [-0.4, -0.2) is 44.3 Å². The molecule has 0 fully saturated rings. The molecule has 8 nitrogen and oxygen atoms in total. The Morgan fingerprint density at radius 2 is 0.459 bits per heavy atom. The summed E-state index contributed by atoms with van der Waals surface area (Å²) in [6, 6.07) is 33.2. The summed E-state index contributed by atoms with van der Waals surface area (Å²) in [6.07, 6.45) is 0. The van der Waals surface area contributed by atoms with Crippen LogP contribution in [0.3, 0.4) is 0 Å². The monoisotopic (exact) mass is 547 g/mol. The van der Waals surface area contributed by atoms with E-state index in [0.717, 1.165) is 0 Å². The fraction of sp³-hybridized carbons (Fsp3) is 0. The predicted molar refractivity (Wildman–Crippen MR) is 134 cm³/mol. The molecular formula is C28H24CoO8. The van der Waals surface area contributed by atoms with E-state index in [0.29, 0.717) is 22.3 Å². The van der Waals surface area contributed by atoms with Crippen LogP contribution in [0.25, 0.3) is 0 Å². The van der Waals surface area contributed by atoms with Gasteiger partial charge in [-0.3, -0.25) is 0 Å². The molecule has 0 heterocycles. The first-order chi connectivity index (χ1) is 17.2. The number of carboxylic acid groups (broad SMARTS) is 4. The van der Waals surface area contributed by atoms with Crippen molar-refractivity contribution < 1.29 is 56.4 Å². The summed E-state index contributed by atoms with van der Waals surface area (Å²) < 4.78 is 0. The number of hydrogen-bond acceptors (Lipinski definition) is 4. The molecule has 0 aliphatic heterocycles. The van der Waals surface area contributed by atoms with E-state index in [1.54, 1.807) is 121 Å². The van der Waals surface area contributed by atoms with Gasteiger partial charge in [0.2, 0.25) is 0 Å². The Balaban J connectivity index is 0.000000463. The van der Waals surface area contributed by atoms with Gasteiger partial charge in [0.1, 0.15) is 0 Å². The quantitative estimate of drug-likeness (QED) is 0.260. The summed E-state index contributed by atoms with van der Waals surface area (Å²) in [7, 11) is 0. The molecule has 0 spiro atoms. The summed E-state index contributed by atoms with van der Waals surface area (Å²) in [5, 5.41) is 33.5. The van der Waals surface area contributed by atoms with Gasteiger partial charge in [-0.2, -0.15) is 0 Å². The third-order valence-corrected chi connectivity index (χ3v) is 4.08. The molecule has 4 aromatic rings. The topological polar surface area (TPSA) is 149 Å². The predicted octanol–water partition coefficient (Wildman–Crippen LogP) is 5.54. The van der Waals surface area contributed by atoms with Crippen LogP contribution in [0.1, 0.15) is 41.4 Å². The second-order valence-corrected chi connectivity index (χ2v) is 6.68. The van der Waals surface area contributed by atoms with E-state index in [1.165, 1.54) is 0 Å². The molecule has 1 radical (unpaired) electrons. The molecule has 0 unspecified atom stereocenters. The molecule has 0 atom stereocenters. The second-order valence-electron chi connectivity index (χ2n) is 6.68. The largest absolute Gasteiger partial charge is 0.478 e. The van der Waals surface area contributed by atoms with E-state index in [-0.39, 0.29) is 16.8 Å². The minimum atomic E-state index is -0.879. The van der Waals surface area contributed by atoms with Crippen molar-refractivity contribution in [1.29, 1.82) is 0 Å². The average Bonchev–Trinajstić information content (AvgIpc) is 2.92. The van der Waals surface area contributed by atoms with Crippen molar-refractivity contribution in [3.63, 3.8) is 0 Å². The summed E-state index contributed by atoms with van der Waals surface area (Å²) in [5.41, 5.74) is 1.32. The Bertz CT molecular complexity index is 1020. The van der Waals surface area contributed by atoms with Crippen LogP contribution in [-0.2, 0) is 16.8 Å². The smallest absolute Gasteiger partial charge is 0.335 e. The first-order valence-electron chi connectivity index (χ1n) is 10.4. The van der Waals surface area contributed by atoms with Crippen LogP contribution in [0.4, 0.5) is 0 Å². The summed E-state index contributed by atoms with van der Waals surface area (Å²) >= 11 is 0. The molecule has 0 saturated carbocycles. The maximum Gasteiger partial charge on any atom is 0.335 e. The molecule has 9 heteroatoms. The molecule has 0 aromatic heterocycles. The van der Waals surface area contributed by atoms with Crippen molar-refractivity contribution in [2.75, 3.05) is 0 Å². The Kier molecular flexibility index (Phi) is 16.2. The minimum absolute atomic E-state index is 0. The molecule has 4 aromatic carbocycles. The van der Waals surface area contributed by atoms with Crippen LogP contribution in [0.15, 0.2) is 121 Å². The van der Waals surface area contributed by atoms with Gasteiger partial charge in [0, 0.05) is 16.8 Å². The van der Waals surface area contributed by atoms with E-state index in [2.05, 4.69) is 0 Å². The number of hydrogen-bond donors (Lipinski definition) is 4. The van der Waals surface area contributed by atoms with E-state index < -0.39 is 23.9 Å². The van der Waals surface area contributed by atoms with Gasteiger partial charge in [0.25, 0.3) is 0 Å². The normalized spacial score (nSPS) is 8.65. The first kappa shape index (κ1) is 32.3. The molecule has 0 amide bonds. The zero-order valence-electron chi connectivity index (χ0n) is 19.3.